The zero-order chi connectivity index (χ0) is 23.5. The number of nitro benzene ring substituents is 1. The molecule has 0 radical (unpaired) electrons. The molecule has 1 aliphatic rings. The molecule has 172 valence electrons. The minimum absolute atomic E-state index is 0.0944. The fourth-order valence-electron chi connectivity index (χ4n) is 3.64. The van der Waals surface area contributed by atoms with Gasteiger partial charge in [-0.15, -0.1) is 0 Å². The summed E-state index contributed by atoms with van der Waals surface area (Å²) in [7, 11) is 1.29. The van der Waals surface area contributed by atoms with Gasteiger partial charge in [0.05, 0.1) is 35.5 Å². The second-order valence-corrected chi connectivity index (χ2v) is 8.50. The lowest BCUT2D eigenvalue weighted by Gasteiger charge is -2.28. The summed E-state index contributed by atoms with van der Waals surface area (Å²) in [6, 6.07) is 10.1. The lowest BCUT2D eigenvalue weighted by molar-refractivity contribution is -0.384. The summed E-state index contributed by atoms with van der Waals surface area (Å²) in [5.41, 5.74) is 2.15. The van der Waals surface area contributed by atoms with Crippen LogP contribution in [0.5, 0.6) is 0 Å². The highest BCUT2D eigenvalue weighted by atomic mass is 32.1. The summed E-state index contributed by atoms with van der Waals surface area (Å²) in [6.45, 7) is 3.88. The van der Waals surface area contributed by atoms with Crippen LogP contribution >= 0.6 is 11.3 Å². The smallest absolute Gasteiger partial charge is 0.325 e. The molecule has 0 bridgehead atoms. The van der Waals surface area contributed by atoms with Crippen LogP contribution in [0.1, 0.15) is 15.9 Å². The van der Waals surface area contributed by atoms with E-state index in [-0.39, 0.29) is 17.8 Å². The number of benzene rings is 2. The second kappa shape index (κ2) is 9.51. The number of methoxy groups -OCH3 is 1. The van der Waals surface area contributed by atoms with Crippen LogP contribution in [-0.4, -0.2) is 54.8 Å². The summed E-state index contributed by atoms with van der Waals surface area (Å²) in [5.74, 6) is -1.11. The van der Waals surface area contributed by atoms with Gasteiger partial charge in [0.15, 0.2) is 4.80 Å². The quantitative estimate of drug-likeness (QED) is 0.320. The molecule has 0 atom stereocenters. The number of amides is 1. The first-order valence-corrected chi connectivity index (χ1v) is 11.1. The highest BCUT2D eigenvalue weighted by molar-refractivity contribution is 7.16. The van der Waals surface area contributed by atoms with Gasteiger partial charge in [0.1, 0.15) is 12.2 Å². The number of aromatic nitrogens is 1. The van der Waals surface area contributed by atoms with Gasteiger partial charge in [-0.25, -0.2) is 0 Å². The average molecular weight is 471 g/mol. The highest BCUT2D eigenvalue weighted by Gasteiger charge is 2.23. The van der Waals surface area contributed by atoms with Gasteiger partial charge in [0, 0.05) is 24.7 Å². The summed E-state index contributed by atoms with van der Waals surface area (Å²) in [6.07, 6.45) is 0. The molecule has 1 amide bonds. The van der Waals surface area contributed by atoms with Gasteiger partial charge in [-0.3, -0.25) is 19.7 Å². The maximum atomic E-state index is 13.0. The molecule has 1 aromatic heterocycles. The molecule has 2 aromatic carbocycles. The Balaban J connectivity index is 1.76. The van der Waals surface area contributed by atoms with Gasteiger partial charge in [-0.1, -0.05) is 17.4 Å². The summed E-state index contributed by atoms with van der Waals surface area (Å²) < 4.78 is 12.6. The first-order chi connectivity index (χ1) is 15.9. The lowest BCUT2D eigenvalue weighted by atomic mass is 10.1. The van der Waals surface area contributed by atoms with E-state index < -0.39 is 16.8 Å². The van der Waals surface area contributed by atoms with Crippen molar-refractivity contribution >= 4 is 44.8 Å². The molecule has 0 saturated carbocycles. The molecule has 3 aromatic rings. The number of carbonyl (C=O) groups excluding carboxylic acids is 2. The Morgan fingerprint density at radius 1 is 1.21 bits per heavy atom. The number of esters is 1. The minimum atomic E-state index is -0.631. The van der Waals surface area contributed by atoms with Crippen LogP contribution in [0.25, 0.3) is 10.2 Å². The van der Waals surface area contributed by atoms with Gasteiger partial charge in [0.2, 0.25) is 0 Å². The Labute approximate surface area is 192 Å². The molecule has 11 heteroatoms. The van der Waals surface area contributed by atoms with E-state index in [9.17, 15) is 19.7 Å². The number of ether oxygens (including phenoxy) is 2. The predicted octanol–water partition coefficient (Wildman–Crippen LogP) is 2.67. The van der Waals surface area contributed by atoms with Crippen molar-refractivity contribution in [1.29, 1.82) is 0 Å². The standard InChI is InChI=1S/C22H22N4O6S/c1-14-3-5-17-19(11-14)33-22(25(17)13-20(27)31-2)23-21(28)15-4-6-16(18(12-15)26(29)30)24-7-9-32-10-8-24/h3-6,11-12H,7-10,13H2,1-2H3. The third kappa shape index (κ3) is 4.78. The van der Waals surface area contributed by atoms with E-state index >= 15 is 0 Å². The number of hydrogen-bond acceptors (Lipinski definition) is 8. The van der Waals surface area contributed by atoms with Crippen molar-refractivity contribution in [1.82, 2.24) is 4.57 Å². The number of rotatable bonds is 5. The number of morpholine rings is 1. The van der Waals surface area contributed by atoms with Crippen molar-refractivity contribution in [2.24, 2.45) is 4.99 Å². The lowest BCUT2D eigenvalue weighted by Crippen LogP contribution is -2.36. The topological polar surface area (TPSA) is 116 Å². The maximum absolute atomic E-state index is 13.0. The van der Waals surface area contributed by atoms with E-state index in [1.165, 1.54) is 30.6 Å². The van der Waals surface area contributed by atoms with Crippen LogP contribution in [-0.2, 0) is 20.8 Å². The van der Waals surface area contributed by atoms with E-state index in [1.54, 1.807) is 10.6 Å². The first kappa shape index (κ1) is 22.6. The van der Waals surface area contributed by atoms with Crippen LogP contribution < -0.4 is 9.70 Å². The SMILES string of the molecule is COC(=O)Cn1c(=NC(=O)c2ccc(N3CCOCC3)c([N+](=O)[O-])c2)sc2cc(C)ccc21. The van der Waals surface area contributed by atoms with Gasteiger partial charge < -0.3 is 18.9 Å². The molecule has 0 spiro atoms. The Morgan fingerprint density at radius 3 is 2.67 bits per heavy atom. The number of aryl methyl sites for hydroxylation is 1. The number of nitro groups is 1. The number of hydrogen-bond donors (Lipinski definition) is 0. The number of fused-ring (bicyclic) bond motifs is 1. The van der Waals surface area contributed by atoms with Gasteiger partial charge in [-0.05, 0) is 36.8 Å². The van der Waals surface area contributed by atoms with Crippen molar-refractivity contribution in [3.05, 3.63) is 62.4 Å². The second-order valence-electron chi connectivity index (χ2n) is 7.50. The van der Waals surface area contributed by atoms with Crippen LogP contribution in [0.15, 0.2) is 41.4 Å². The summed E-state index contributed by atoms with van der Waals surface area (Å²) in [5, 5.41) is 11.7. The number of carbonyl (C=O) groups is 2. The molecule has 0 N–H and O–H groups in total. The van der Waals surface area contributed by atoms with Gasteiger partial charge in [-0.2, -0.15) is 4.99 Å². The van der Waals surface area contributed by atoms with Crippen LogP contribution in [0.3, 0.4) is 0 Å². The Bertz CT molecular complexity index is 1310. The molecule has 33 heavy (non-hydrogen) atoms. The zero-order valence-corrected chi connectivity index (χ0v) is 19.0. The number of anilines is 1. The van der Waals surface area contributed by atoms with Crippen molar-refractivity contribution in [2.45, 2.75) is 13.5 Å². The van der Waals surface area contributed by atoms with Gasteiger partial charge >= 0.3 is 5.97 Å². The molecular weight excluding hydrogens is 448 g/mol. The largest absolute Gasteiger partial charge is 0.468 e. The van der Waals surface area contributed by atoms with Crippen LogP contribution in [0, 0.1) is 17.0 Å². The van der Waals surface area contributed by atoms with E-state index in [0.717, 1.165) is 15.8 Å². The third-order valence-electron chi connectivity index (χ3n) is 5.32. The molecule has 2 heterocycles. The van der Waals surface area contributed by atoms with E-state index in [0.29, 0.717) is 36.8 Å². The molecule has 10 nitrogen and oxygen atoms in total. The predicted molar refractivity (Wildman–Crippen MR) is 123 cm³/mol. The highest BCUT2D eigenvalue weighted by Crippen LogP contribution is 2.30. The monoisotopic (exact) mass is 470 g/mol. The summed E-state index contributed by atoms with van der Waals surface area (Å²) in [4.78, 5) is 42.5. The molecule has 1 aliphatic heterocycles. The average Bonchev–Trinajstić information content (AvgIpc) is 3.14. The fraction of sp³-hybridized carbons (Fsp3) is 0.318. The maximum Gasteiger partial charge on any atom is 0.325 e. The van der Waals surface area contributed by atoms with Crippen molar-refractivity contribution in [3.63, 3.8) is 0 Å². The Kier molecular flexibility index (Phi) is 6.52. The minimum Gasteiger partial charge on any atom is -0.468 e. The number of nitrogens with zero attached hydrogens (tertiary/aromatic N) is 4. The fourth-order valence-corrected chi connectivity index (χ4v) is 4.76. The first-order valence-electron chi connectivity index (χ1n) is 10.2. The van der Waals surface area contributed by atoms with Crippen LogP contribution in [0.4, 0.5) is 11.4 Å². The van der Waals surface area contributed by atoms with E-state index in [2.05, 4.69) is 4.99 Å². The van der Waals surface area contributed by atoms with Crippen molar-refractivity contribution < 1.29 is 24.0 Å². The molecule has 0 unspecified atom stereocenters. The molecule has 1 fully saturated rings. The number of thiazole rings is 1. The van der Waals surface area contributed by atoms with Crippen molar-refractivity contribution in [2.75, 3.05) is 38.3 Å². The van der Waals surface area contributed by atoms with Crippen molar-refractivity contribution in [3.8, 4) is 0 Å². The zero-order valence-electron chi connectivity index (χ0n) is 18.1. The molecule has 1 saturated heterocycles. The summed E-state index contributed by atoms with van der Waals surface area (Å²) >= 11 is 1.26. The Morgan fingerprint density at radius 2 is 1.97 bits per heavy atom. The van der Waals surface area contributed by atoms with E-state index in [1.807, 2.05) is 30.0 Å². The van der Waals surface area contributed by atoms with Crippen LogP contribution in [0.2, 0.25) is 0 Å². The van der Waals surface area contributed by atoms with Gasteiger partial charge in [0.25, 0.3) is 11.6 Å². The third-order valence-corrected chi connectivity index (χ3v) is 6.36. The van der Waals surface area contributed by atoms with E-state index in [4.69, 9.17) is 9.47 Å². The molecule has 0 aliphatic carbocycles. The normalized spacial score (nSPS) is 14.5. The Hall–Kier alpha value is -3.57. The molecule has 4 rings (SSSR count). The molecular formula is C22H22N4O6S.